The first-order chi connectivity index (χ1) is 10.6. The number of benzene rings is 1. The summed E-state index contributed by atoms with van der Waals surface area (Å²) in [5.41, 5.74) is 0.921. The molecular formula is C16H9Cl2NO3. The van der Waals surface area contributed by atoms with Crippen LogP contribution in [0.25, 0.3) is 12.2 Å². The lowest BCUT2D eigenvalue weighted by molar-refractivity contribution is -0.129. The number of hydrogen-bond acceptors (Lipinski definition) is 4. The Hall–Kier alpha value is -2.30. The molecule has 1 aromatic carbocycles. The highest BCUT2D eigenvalue weighted by Crippen LogP contribution is 2.23. The Kier molecular flexibility index (Phi) is 4.13. The molecule has 110 valence electrons. The molecule has 0 amide bonds. The van der Waals surface area contributed by atoms with E-state index in [9.17, 15) is 4.79 Å². The summed E-state index contributed by atoms with van der Waals surface area (Å²) in [7, 11) is 0. The summed E-state index contributed by atoms with van der Waals surface area (Å²) >= 11 is 11.9. The lowest BCUT2D eigenvalue weighted by atomic mass is 10.2. The molecule has 1 aliphatic rings. The van der Waals surface area contributed by atoms with Gasteiger partial charge in [0.25, 0.3) is 0 Å². The zero-order valence-corrected chi connectivity index (χ0v) is 12.6. The second-order valence-electron chi connectivity index (χ2n) is 4.38. The minimum Gasteiger partial charge on any atom is -0.465 e. The molecule has 2 aromatic rings. The second-order valence-corrected chi connectivity index (χ2v) is 5.23. The quantitative estimate of drug-likeness (QED) is 0.609. The normalized spacial score (nSPS) is 16.4. The molecule has 1 aromatic heterocycles. The van der Waals surface area contributed by atoms with Crippen molar-refractivity contribution in [2.24, 2.45) is 4.99 Å². The maximum absolute atomic E-state index is 11.7. The fourth-order valence-electron chi connectivity index (χ4n) is 1.80. The Labute approximate surface area is 136 Å². The van der Waals surface area contributed by atoms with Gasteiger partial charge in [-0.1, -0.05) is 29.3 Å². The van der Waals surface area contributed by atoms with Gasteiger partial charge in [-0.15, -0.1) is 0 Å². The van der Waals surface area contributed by atoms with Crippen molar-refractivity contribution in [2.75, 3.05) is 0 Å². The van der Waals surface area contributed by atoms with E-state index < -0.39 is 5.97 Å². The van der Waals surface area contributed by atoms with E-state index in [1.165, 1.54) is 12.3 Å². The molecule has 3 rings (SSSR count). The van der Waals surface area contributed by atoms with E-state index in [0.717, 1.165) is 5.56 Å². The van der Waals surface area contributed by atoms with Crippen molar-refractivity contribution in [1.82, 2.24) is 0 Å². The number of aliphatic imine (C=N–C) groups is 1. The van der Waals surface area contributed by atoms with E-state index in [4.69, 9.17) is 32.4 Å². The van der Waals surface area contributed by atoms with Crippen LogP contribution < -0.4 is 0 Å². The lowest BCUT2D eigenvalue weighted by Crippen LogP contribution is -2.01. The van der Waals surface area contributed by atoms with Gasteiger partial charge in [0.2, 0.25) is 5.90 Å². The number of halogens is 2. The van der Waals surface area contributed by atoms with Crippen LogP contribution in [0.4, 0.5) is 0 Å². The number of furan rings is 1. The third-order valence-electron chi connectivity index (χ3n) is 2.83. The smallest absolute Gasteiger partial charge is 0.363 e. The van der Waals surface area contributed by atoms with Gasteiger partial charge in [-0.3, -0.25) is 0 Å². The van der Waals surface area contributed by atoms with Gasteiger partial charge in [0, 0.05) is 22.2 Å². The largest absolute Gasteiger partial charge is 0.465 e. The highest BCUT2D eigenvalue weighted by atomic mass is 35.5. The Morgan fingerprint density at radius 2 is 2.00 bits per heavy atom. The first kappa shape index (κ1) is 14.6. The van der Waals surface area contributed by atoms with Crippen LogP contribution in [0.1, 0.15) is 11.3 Å². The monoisotopic (exact) mass is 333 g/mol. The van der Waals surface area contributed by atoms with E-state index in [-0.39, 0.29) is 11.6 Å². The predicted octanol–water partition coefficient (Wildman–Crippen LogP) is 4.60. The standard InChI is InChI=1S/C16H9Cl2NO3/c17-11-5-3-10(13(18)8-11)4-6-15-19-14(16(20)22-15)9-12-2-1-7-21-12/h1-9H. The van der Waals surface area contributed by atoms with Crippen LogP contribution in [-0.2, 0) is 9.53 Å². The fourth-order valence-corrected chi connectivity index (χ4v) is 2.27. The van der Waals surface area contributed by atoms with Gasteiger partial charge >= 0.3 is 5.97 Å². The molecule has 0 spiro atoms. The highest BCUT2D eigenvalue weighted by Gasteiger charge is 2.21. The molecule has 0 radical (unpaired) electrons. The topological polar surface area (TPSA) is 51.8 Å². The fraction of sp³-hybridized carbons (Fsp3) is 0. The van der Waals surface area contributed by atoms with E-state index in [0.29, 0.717) is 15.8 Å². The zero-order valence-electron chi connectivity index (χ0n) is 11.1. The Morgan fingerprint density at radius 3 is 2.73 bits per heavy atom. The van der Waals surface area contributed by atoms with Gasteiger partial charge < -0.3 is 9.15 Å². The summed E-state index contributed by atoms with van der Waals surface area (Å²) in [6.07, 6.45) is 6.29. The maximum Gasteiger partial charge on any atom is 0.363 e. The molecule has 6 heteroatoms. The predicted molar refractivity (Wildman–Crippen MR) is 85.7 cm³/mol. The maximum atomic E-state index is 11.7. The number of ether oxygens (including phenoxy) is 1. The third-order valence-corrected chi connectivity index (χ3v) is 3.39. The molecule has 0 saturated heterocycles. The Morgan fingerprint density at radius 1 is 1.14 bits per heavy atom. The number of cyclic esters (lactones) is 1. The zero-order chi connectivity index (χ0) is 15.5. The van der Waals surface area contributed by atoms with E-state index in [1.807, 2.05) is 0 Å². The van der Waals surface area contributed by atoms with Crippen LogP contribution in [0.2, 0.25) is 10.0 Å². The third kappa shape index (κ3) is 3.30. The van der Waals surface area contributed by atoms with Gasteiger partial charge in [-0.25, -0.2) is 9.79 Å². The van der Waals surface area contributed by atoms with Crippen molar-refractivity contribution in [3.8, 4) is 0 Å². The van der Waals surface area contributed by atoms with Crippen LogP contribution in [-0.4, -0.2) is 11.9 Å². The molecule has 4 nitrogen and oxygen atoms in total. The van der Waals surface area contributed by atoms with Gasteiger partial charge in [0.05, 0.1) is 6.26 Å². The molecule has 22 heavy (non-hydrogen) atoms. The molecule has 0 aliphatic carbocycles. The first-order valence-electron chi connectivity index (χ1n) is 6.31. The Bertz CT molecular complexity index is 805. The molecule has 0 saturated carbocycles. The van der Waals surface area contributed by atoms with E-state index >= 15 is 0 Å². The number of hydrogen-bond donors (Lipinski definition) is 0. The summed E-state index contributed by atoms with van der Waals surface area (Å²) in [6, 6.07) is 8.56. The van der Waals surface area contributed by atoms with Gasteiger partial charge in [0.15, 0.2) is 5.70 Å². The molecule has 0 atom stereocenters. The van der Waals surface area contributed by atoms with Crippen molar-refractivity contribution < 1.29 is 13.9 Å². The van der Waals surface area contributed by atoms with Crippen molar-refractivity contribution in [3.05, 3.63) is 69.7 Å². The van der Waals surface area contributed by atoms with Crippen molar-refractivity contribution in [2.45, 2.75) is 0 Å². The van der Waals surface area contributed by atoms with E-state index in [1.54, 1.807) is 42.5 Å². The van der Waals surface area contributed by atoms with Crippen molar-refractivity contribution in [3.63, 3.8) is 0 Å². The SMILES string of the molecule is O=C1OC(C=Cc2ccc(Cl)cc2Cl)=NC1=Cc1ccco1. The van der Waals surface area contributed by atoms with Crippen molar-refractivity contribution >= 4 is 47.2 Å². The summed E-state index contributed by atoms with van der Waals surface area (Å²) in [6.45, 7) is 0. The average molecular weight is 334 g/mol. The molecule has 1 aliphatic heterocycles. The van der Waals surface area contributed by atoms with Crippen LogP contribution in [0.3, 0.4) is 0 Å². The van der Waals surface area contributed by atoms with Crippen LogP contribution in [0.15, 0.2) is 57.8 Å². The summed E-state index contributed by atoms with van der Waals surface area (Å²) < 4.78 is 10.2. The number of carbonyl (C=O) groups is 1. The summed E-state index contributed by atoms with van der Waals surface area (Å²) in [5.74, 6) is 0.189. The average Bonchev–Trinajstić information content (AvgIpc) is 3.09. The number of esters is 1. The number of nitrogens with zero attached hydrogens (tertiary/aromatic N) is 1. The molecule has 0 N–H and O–H groups in total. The molecule has 0 unspecified atom stereocenters. The highest BCUT2D eigenvalue weighted by molar-refractivity contribution is 6.35. The second kappa shape index (κ2) is 6.22. The molecule has 0 fully saturated rings. The van der Waals surface area contributed by atoms with Gasteiger partial charge in [-0.05, 0) is 35.9 Å². The summed E-state index contributed by atoms with van der Waals surface area (Å²) in [5, 5.41) is 1.05. The summed E-state index contributed by atoms with van der Waals surface area (Å²) in [4.78, 5) is 15.8. The van der Waals surface area contributed by atoms with Crippen LogP contribution in [0, 0.1) is 0 Å². The number of carbonyl (C=O) groups excluding carboxylic acids is 1. The lowest BCUT2D eigenvalue weighted by Gasteiger charge is -1.98. The van der Waals surface area contributed by atoms with Gasteiger partial charge in [-0.2, -0.15) is 0 Å². The van der Waals surface area contributed by atoms with Crippen LogP contribution >= 0.6 is 23.2 Å². The minimum absolute atomic E-state index is 0.178. The molecular weight excluding hydrogens is 325 g/mol. The number of rotatable bonds is 3. The van der Waals surface area contributed by atoms with Crippen molar-refractivity contribution in [1.29, 1.82) is 0 Å². The minimum atomic E-state index is -0.529. The first-order valence-corrected chi connectivity index (χ1v) is 7.06. The molecule has 0 bridgehead atoms. The Balaban J connectivity index is 1.81. The van der Waals surface area contributed by atoms with Crippen LogP contribution in [0.5, 0.6) is 0 Å². The van der Waals surface area contributed by atoms with Gasteiger partial charge in [0.1, 0.15) is 5.76 Å². The molecule has 2 heterocycles. The van der Waals surface area contributed by atoms with E-state index in [2.05, 4.69) is 4.99 Å².